The molecule has 0 fully saturated rings. The molecule has 0 aliphatic heterocycles. The molecule has 0 aliphatic carbocycles. The van der Waals surface area contributed by atoms with Crippen molar-refractivity contribution in [1.29, 1.82) is 0 Å². The molecule has 19 heavy (non-hydrogen) atoms. The largest absolute Gasteiger partial charge is 0.399 e. The quantitative estimate of drug-likeness (QED) is 0.745. The van der Waals surface area contributed by atoms with Crippen LogP contribution in [0.25, 0.3) is 0 Å². The normalized spacial score (nSPS) is 13.4. The topological polar surface area (TPSA) is 81.4 Å². The lowest BCUT2D eigenvalue weighted by atomic mass is 10.1. The summed E-state index contributed by atoms with van der Waals surface area (Å²) in [5.41, 5.74) is 6.86. The van der Waals surface area contributed by atoms with Crippen molar-refractivity contribution in [3.63, 3.8) is 0 Å². The van der Waals surface area contributed by atoms with Gasteiger partial charge >= 0.3 is 0 Å². The van der Waals surface area contributed by atoms with E-state index in [0.717, 1.165) is 5.56 Å². The lowest BCUT2D eigenvalue weighted by Crippen LogP contribution is -2.32. The first-order valence-electron chi connectivity index (χ1n) is 6.40. The van der Waals surface area contributed by atoms with Gasteiger partial charge in [0.2, 0.25) is 10.0 Å². The van der Waals surface area contributed by atoms with Crippen molar-refractivity contribution in [3.8, 4) is 0 Å². The molecular formula is C13H22N2O3S. The standard InChI is InChI=1S/C13H22N2O3S/c1-4-11-6-7-12(14)8-13(11)19(16,17)15-9-10(3)18-5-2/h6-8,10,15H,4-5,9,14H2,1-3H3. The molecule has 0 spiro atoms. The highest BCUT2D eigenvalue weighted by Crippen LogP contribution is 2.19. The zero-order chi connectivity index (χ0) is 14.5. The molecule has 0 radical (unpaired) electrons. The van der Waals surface area contributed by atoms with Gasteiger partial charge in [0, 0.05) is 18.8 Å². The van der Waals surface area contributed by atoms with E-state index in [1.165, 1.54) is 6.07 Å². The first-order valence-corrected chi connectivity index (χ1v) is 7.88. The first-order chi connectivity index (χ1) is 8.90. The number of nitrogen functional groups attached to an aromatic ring is 1. The summed E-state index contributed by atoms with van der Waals surface area (Å²) in [7, 11) is -3.55. The molecule has 0 heterocycles. The molecule has 1 rings (SSSR count). The van der Waals surface area contributed by atoms with Gasteiger partial charge in [-0.05, 0) is 38.0 Å². The fourth-order valence-corrected chi connectivity index (χ4v) is 3.22. The van der Waals surface area contributed by atoms with Gasteiger partial charge in [-0.3, -0.25) is 0 Å². The summed E-state index contributed by atoms with van der Waals surface area (Å²) in [6.45, 7) is 6.41. The third kappa shape index (κ3) is 4.49. The molecule has 0 aliphatic rings. The Bertz CT molecular complexity index is 515. The fraction of sp³-hybridized carbons (Fsp3) is 0.538. The van der Waals surface area contributed by atoms with Gasteiger partial charge in [-0.1, -0.05) is 13.0 Å². The molecule has 1 aromatic rings. The maximum atomic E-state index is 12.3. The Balaban J connectivity index is 2.91. The van der Waals surface area contributed by atoms with Crippen LogP contribution in [0.5, 0.6) is 0 Å². The van der Waals surface area contributed by atoms with Crippen molar-refractivity contribution in [2.24, 2.45) is 0 Å². The predicted molar refractivity (Wildman–Crippen MR) is 76.5 cm³/mol. The summed E-state index contributed by atoms with van der Waals surface area (Å²) in [6.07, 6.45) is 0.475. The first kappa shape index (κ1) is 15.9. The molecule has 0 amide bonds. The Hall–Kier alpha value is -1.11. The van der Waals surface area contributed by atoms with Gasteiger partial charge in [0.15, 0.2) is 0 Å². The highest BCUT2D eigenvalue weighted by molar-refractivity contribution is 7.89. The number of sulfonamides is 1. The van der Waals surface area contributed by atoms with Crippen LogP contribution in [-0.2, 0) is 21.2 Å². The Morgan fingerprint density at radius 3 is 2.63 bits per heavy atom. The zero-order valence-corrected chi connectivity index (χ0v) is 12.5. The van der Waals surface area contributed by atoms with E-state index in [-0.39, 0.29) is 17.5 Å². The van der Waals surface area contributed by atoms with E-state index in [1.54, 1.807) is 12.1 Å². The van der Waals surface area contributed by atoms with Gasteiger partial charge < -0.3 is 10.5 Å². The molecule has 1 atom stereocenters. The maximum absolute atomic E-state index is 12.3. The highest BCUT2D eigenvalue weighted by Gasteiger charge is 2.18. The van der Waals surface area contributed by atoms with E-state index in [4.69, 9.17) is 10.5 Å². The number of anilines is 1. The van der Waals surface area contributed by atoms with Gasteiger partial charge in [-0.25, -0.2) is 13.1 Å². The number of nitrogens with two attached hydrogens (primary N) is 1. The van der Waals surface area contributed by atoms with Crippen LogP contribution in [-0.4, -0.2) is 27.7 Å². The molecule has 3 N–H and O–H groups in total. The molecule has 0 aromatic heterocycles. The lowest BCUT2D eigenvalue weighted by Gasteiger charge is -2.15. The number of benzene rings is 1. The number of hydrogen-bond donors (Lipinski definition) is 2. The van der Waals surface area contributed by atoms with Crippen LogP contribution in [0.4, 0.5) is 5.69 Å². The van der Waals surface area contributed by atoms with Crippen LogP contribution in [0.3, 0.4) is 0 Å². The molecule has 5 nitrogen and oxygen atoms in total. The SMILES string of the molecule is CCOC(C)CNS(=O)(=O)c1cc(N)ccc1CC. The van der Waals surface area contributed by atoms with Crippen LogP contribution in [0.1, 0.15) is 26.3 Å². The highest BCUT2D eigenvalue weighted by atomic mass is 32.2. The molecule has 0 saturated heterocycles. The molecule has 0 bridgehead atoms. The van der Waals surface area contributed by atoms with Crippen molar-refractivity contribution in [2.45, 2.75) is 38.2 Å². The summed E-state index contributed by atoms with van der Waals surface area (Å²) in [4.78, 5) is 0.249. The summed E-state index contributed by atoms with van der Waals surface area (Å²) in [5.74, 6) is 0. The molecular weight excluding hydrogens is 264 g/mol. The van der Waals surface area contributed by atoms with Crippen molar-refractivity contribution in [2.75, 3.05) is 18.9 Å². The van der Waals surface area contributed by atoms with Crippen LogP contribution in [0.15, 0.2) is 23.1 Å². The molecule has 108 valence electrons. The monoisotopic (exact) mass is 286 g/mol. The average Bonchev–Trinajstić information content (AvgIpc) is 2.37. The van der Waals surface area contributed by atoms with Gasteiger partial charge in [-0.2, -0.15) is 0 Å². The smallest absolute Gasteiger partial charge is 0.241 e. The lowest BCUT2D eigenvalue weighted by molar-refractivity contribution is 0.0799. The second-order valence-electron chi connectivity index (χ2n) is 4.34. The summed E-state index contributed by atoms with van der Waals surface area (Å²) < 4.78 is 32.4. The third-order valence-electron chi connectivity index (χ3n) is 2.77. The minimum atomic E-state index is -3.55. The number of aryl methyl sites for hydroxylation is 1. The van der Waals surface area contributed by atoms with E-state index in [1.807, 2.05) is 20.8 Å². The summed E-state index contributed by atoms with van der Waals surface area (Å²) >= 11 is 0. The Kier molecular flexibility index (Phi) is 5.78. The van der Waals surface area contributed by atoms with Crippen LogP contribution < -0.4 is 10.5 Å². The van der Waals surface area contributed by atoms with Gasteiger partial charge in [0.25, 0.3) is 0 Å². The zero-order valence-electron chi connectivity index (χ0n) is 11.6. The average molecular weight is 286 g/mol. The van der Waals surface area contributed by atoms with Crippen molar-refractivity contribution >= 4 is 15.7 Å². The van der Waals surface area contributed by atoms with E-state index < -0.39 is 10.0 Å². The molecule has 0 saturated carbocycles. The Labute approximate surface area is 115 Å². The molecule has 6 heteroatoms. The van der Waals surface area contributed by atoms with Crippen molar-refractivity contribution < 1.29 is 13.2 Å². The summed E-state index contributed by atoms with van der Waals surface area (Å²) in [5, 5.41) is 0. The van der Waals surface area contributed by atoms with E-state index in [2.05, 4.69) is 4.72 Å². The predicted octanol–water partition coefficient (Wildman–Crippen LogP) is 1.53. The van der Waals surface area contributed by atoms with Crippen LogP contribution in [0, 0.1) is 0 Å². The van der Waals surface area contributed by atoms with Crippen LogP contribution in [0.2, 0.25) is 0 Å². The van der Waals surface area contributed by atoms with Crippen molar-refractivity contribution in [1.82, 2.24) is 4.72 Å². The number of nitrogens with one attached hydrogen (secondary N) is 1. The summed E-state index contributed by atoms with van der Waals surface area (Å²) in [6, 6.07) is 4.95. The van der Waals surface area contributed by atoms with Gasteiger partial charge in [-0.15, -0.1) is 0 Å². The number of rotatable bonds is 7. The minimum absolute atomic E-state index is 0.161. The van der Waals surface area contributed by atoms with Crippen molar-refractivity contribution in [3.05, 3.63) is 23.8 Å². The second-order valence-corrected chi connectivity index (χ2v) is 6.07. The minimum Gasteiger partial charge on any atom is -0.399 e. The number of ether oxygens (including phenoxy) is 1. The van der Waals surface area contributed by atoms with E-state index in [0.29, 0.717) is 18.7 Å². The molecule has 1 unspecified atom stereocenters. The fourth-order valence-electron chi connectivity index (χ4n) is 1.76. The van der Waals surface area contributed by atoms with Crippen LogP contribution >= 0.6 is 0 Å². The van der Waals surface area contributed by atoms with E-state index >= 15 is 0 Å². The second kappa shape index (κ2) is 6.88. The number of hydrogen-bond acceptors (Lipinski definition) is 4. The van der Waals surface area contributed by atoms with Gasteiger partial charge in [0.1, 0.15) is 0 Å². The molecule has 1 aromatic carbocycles. The third-order valence-corrected chi connectivity index (χ3v) is 4.28. The van der Waals surface area contributed by atoms with Gasteiger partial charge in [0.05, 0.1) is 11.0 Å². The maximum Gasteiger partial charge on any atom is 0.241 e. The Morgan fingerprint density at radius 1 is 1.37 bits per heavy atom. The van der Waals surface area contributed by atoms with E-state index in [9.17, 15) is 8.42 Å². The Morgan fingerprint density at radius 2 is 2.05 bits per heavy atom.